The van der Waals surface area contributed by atoms with Crippen molar-refractivity contribution in [2.24, 2.45) is 0 Å². The Morgan fingerprint density at radius 3 is 2.40 bits per heavy atom. The molecule has 2 aromatic carbocycles. The first kappa shape index (κ1) is 19.7. The van der Waals surface area contributed by atoms with Crippen molar-refractivity contribution in [2.75, 3.05) is 7.11 Å². The topological polar surface area (TPSA) is 30.5 Å². The molecule has 5 heteroatoms. The normalized spacial score (nSPS) is 11.4. The Bertz CT molecular complexity index is 702. The summed E-state index contributed by atoms with van der Waals surface area (Å²) in [6.07, 6.45) is 1.05. The summed E-state index contributed by atoms with van der Waals surface area (Å²) in [5.74, 6) is 1.06. The second kappa shape index (κ2) is 8.68. The molecule has 0 amide bonds. The molecule has 0 saturated carbocycles. The van der Waals surface area contributed by atoms with Gasteiger partial charge >= 0.3 is 0 Å². The van der Waals surface area contributed by atoms with Gasteiger partial charge in [0.1, 0.15) is 12.4 Å². The lowest BCUT2D eigenvalue weighted by Gasteiger charge is -2.25. The largest absolute Gasteiger partial charge is 0.493 e. The van der Waals surface area contributed by atoms with E-state index in [0.717, 1.165) is 28.6 Å². The third-order valence-corrected chi connectivity index (χ3v) is 4.83. The van der Waals surface area contributed by atoms with Crippen molar-refractivity contribution >= 4 is 15.9 Å². The van der Waals surface area contributed by atoms with Crippen LogP contribution in [-0.2, 0) is 13.2 Å². The maximum absolute atomic E-state index is 13.0. The van der Waals surface area contributed by atoms with E-state index in [4.69, 9.17) is 9.47 Å². The highest BCUT2D eigenvalue weighted by molar-refractivity contribution is 9.10. The molecule has 0 heterocycles. The maximum Gasteiger partial charge on any atom is 0.175 e. The predicted molar refractivity (Wildman–Crippen MR) is 103 cm³/mol. The van der Waals surface area contributed by atoms with E-state index in [1.165, 1.54) is 12.1 Å². The van der Waals surface area contributed by atoms with Crippen molar-refractivity contribution in [3.63, 3.8) is 0 Å². The smallest absolute Gasteiger partial charge is 0.175 e. The molecule has 0 unspecified atom stereocenters. The van der Waals surface area contributed by atoms with Gasteiger partial charge in [0.15, 0.2) is 11.5 Å². The van der Waals surface area contributed by atoms with Gasteiger partial charge in [0.25, 0.3) is 0 Å². The fraction of sp³-hybridized carbons (Fsp3) is 0.400. The number of benzene rings is 2. The summed E-state index contributed by atoms with van der Waals surface area (Å²) < 4.78 is 25.2. The Kier molecular flexibility index (Phi) is 6.85. The van der Waals surface area contributed by atoms with Crippen LogP contribution >= 0.6 is 15.9 Å². The first-order valence-corrected chi connectivity index (χ1v) is 9.12. The van der Waals surface area contributed by atoms with Crippen LogP contribution in [0.25, 0.3) is 0 Å². The molecule has 2 rings (SSSR count). The van der Waals surface area contributed by atoms with Gasteiger partial charge in [-0.25, -0.2) is 4.39 Å². The van der Waals surface area contributed by atoms with Crippen molar-refractivity contribution in [3.8, 4) is 11.5 Å². The van der Waals surface area contributed by atoms with Crippen LogP contribution in [0.2, 0.25) is 0 Å². The number of halogens is 2. The second-order valence-electron chi connectivity index (χ2n) is 6.62. The number of methoxy groups -OCH3 is 1. The van der Waals surface area contributed by atoms with Crippen LogP contribution in [0.3, 0.4) is 0 Å². The van der Waals surface area contributed by atoms with Crippen LogP contribution in [0.15, 0.2) is 40.9 Å². The summed E-state index contributed by atoms with van der Waals surface area (Å²) in [6, 6.07) is 10.3. The third-order valence-electron chi connectivity index (χ3n) is 4.24. The molecule has 136 valence electrons. The first-order valence-electron chi connectivity index (χ1n) is 8.33. The Hall–Kier alpha value is -1.59. The molecule has 3 nitrogen and oxygen atoms in total. The van der Waals surface area contributed by atoms with Crippen molar-refractivity contribution in [1.82, 2.24) is 5.32 Å². The fourth-order valence-electron chi connectivity index (χ4n) is 2.22. The van der Waals surface area contributed by atoms with Gasteiger partial charge in [0.05, 0.1) is 11.6 Å². The molecule has 25 heavy (non-hydrogen) atoms. The van der Waals surface area contributed by atoms with E-state index in [2.05, 4.69) is 42.0 Å². The Labute approximate surface area is 157 Å². The summed E-state index contributed by atoms with van der Waals surface area (Å²) in [7, 11) is 1.62. The molecule has 0 radical (unpaired) electrons. The lowest BCUT2D eigenvalue weighted by molar-refractivity contribution is 0.282. The highest BCUT2D eigenvalue weighted by Crippen LogP contribution is 2.37. The molecule has 0 atom stereocenters. The molecule has 0 aliphatic heterocycles. The first-order chi connectivity index (χ1) is 11.8. The molecule has 0 saturated heterocycles. The van der Waals surface area contributed by atoms with E-state index in [0.29, 0.717) is 18.1 Å². The summed E-state index contributed by atoms with van der Waals surface area (Å²) >= 11 is 3.57. The van der Waals surface area contributed by atoms with Gasteiger partial charge < -0.3 is 14.8 Å². The highest BCUT2D eigenvalue weighted by atomic mass is 79.9. The molecular weight excluding hydrogens is 385 g/mol. The summed E-state index contributed by atoms with van der Waals surface area (Å²) in [5, 5.41) is 3.53. The van der Waals surface area contributed by atoms with E-state index in [9.17, 15) is 4.39 Å². The van der Waals surface area contributed by atoms with Gasteiger partial charge in [-0.2, -0.15) is 0 Å². The summed E-state index contributed by atoms with van der Waals surface area (Å²) in [6.45, 7) is 7.61. The van der Waals surface area contributed by atoms with E-state index < -0.39 is 0 Å². The minimum atomic E-state index is -0.255. The zero-order valence-corrected chi connectivity index (χ0v) is 16.7. The molecule has 0 aliphatic rings. The van der Waals surface area contributed by atoms with Crippen molar-refractivity contribution < 1.29 is 13.9 Å². The van der Waals surface area contributed by atoms with E-state index in [1.807, 2.05) is 12.1 Å². The van der Waals surface area contributed by atoms with Crippen LogP contribution in [0.1, 0.15) is 38.3 Å². The van der Waals surface area contributed by atoms with Gasteiger partial charge in [0, 0.05) is 12.1 Å². The number of hydrogen-bond donors (Lipinski definition) is 1. The van der Waals surface area contributed by atoms with Gasteiger partial charge in [0.2, 0.25) is 0 Å². The van der Waals surface area contributed by atoms with Crippen molar-refractivity contribution in [2.45, 2.75) is 45.9 Å². The molecule has 0 bridgehead atoms. The maximum atomic E-state index is 13.0. The average molecular weight is 410 g/mol. The number of nitrogens with one attached hydrogen (secondary N) is 1. The lowest BCUT2D eigenvalue weighted by Crippen LogP contribution is -2.37. The van der Waals surface area contributed by atoms with Crippen molar-refractivity contribution in [3.05, 3.63) is 57.8 Å². The molecule has 0 aromatic heterocycles. The van der Waals surface area contributed by atoms with E-state index in [1.54, 1.807) is 19.2 Å². The van der Waals surface area contributed by atoms with Crippen molar-refractivity contribution in [1.29, 1.82) is 0 Å². The zero-order valence-electron chi connectivity index (χ0n) is 15.2. The molecular formula is C20H25BrFNO2. The second-order valence-corrected chi connectivity index (χ2v) is 7.47. The third kappa shape index (κ3) is 5.72. The average Bonchev–Trinajstić information content (AvgIpc) is 2.60. The van der Waals surface area contributed by atoms with Gasteiger partial charge in [-0.1, -0.05) is 19.1 Å². The Morgan fingerprint density at radius 1 is 1.12 bits per heavy atom. The highest BCUT2D eigenvalue weighted by Gasteiger charge is 2.16. The zero-order chi connectivity index (χ0) is 18.4. The number of hydrogen-bond acceptors (Lipinski definition) is 3. The van der Waals surface area contributed by atoms with E-state index in [-0.39, 0.29) is 11.4 Å². The Balaban J connectivity index is 2.11. The SMILES string of the molecule is CCC(C)(C)NCc1cc(Br)c(OCc2ccc(F)cc2)c(OC)c1. The van der Waals surface area contributed by atoms with Crippen LogP contribution in [-0.4, -0.2) is 12.6 Å². The quantitative estimate of drug-likeness (QED) is 0.628. The number of ether oxygens (including phenoxy) is 2. The monoisotopic (exact) mass is 409 g/mol. The van der Waals surface area contributed by atoms with Crippen LogP contribution in [0, 0.1) is 5.82 Å². The van der Waals surface area contributed by atoms with Gasteiger partial charge in [-0.3, -0.25) is 0 Å². The molecule has 0 spiro atoms. The van der Waals surface area contributed by atoms with E-state index >= 15 is 0 Å². The molecule has 1 N–H and O–H groups in total. The molecule has 0 fully saturated rings. The van der Waals surface area contributed by atoms with Crippen LogP contribution in [0.5, 0.6) is 11.5 Å². The summed E-state index contributed by atoms with van der Waals surface area (Å²) in [5.41, 5.74) is 2.09. The minimum absolute atomic E-state index is 0.0808. The minimum Gasteiger partial charge on any atom is -0.493 e. The Morgan fingerprint density at radius 2 is 1.80 bits per heavy atom. The van der Waals surface area contributed by atoms with Gasteiger partial charge in [-0.15, -0.1) is 0 Å². The number of rotatable bonds is 8. The fourth-order valence-corrected chi connectivity index (χ4v) is 2.82. The predicted octanol–water partition coefficient (Wildman–Crippen LogP) is 5.45. The molecule has 0 aliphatic carbocycles. The lowest BCUT2D eigenvalue weighted by atomic mass is 10.0. The van der Waals surface area contributed by atoms with Crippen LogP contribution < -0.4 is 14.8 Å². The van der Waals surface area contributed by atoms with Gasteiger partial charge in [-0.05, 0) is 71.6 Å². The summed E-state index contributed by atoms with van der Waals surface area (Å²) in [4.78, 5) is 0. The standard InChI is InChI=1S/C20H25BrFNO2/c1-5-20(2,3)23-12-15-10-17(21)19(18(11-15)24-4)25-13-14-6-8-16(22)9-7-14/h6-11,23H,5,12-13H2,1-4H3. The molecule has 2 aromatic rings. The van der Waals surface area contributed by atoms with Crippen LogP contribution in [0.4, 0.5) is 4.39 Å².